The van der Waals surface area contributed by atoms with Crippen molar-refractivity contribution in [3.63, 3.8) is 0 Å². The molecule has 0 aromatic heterocycles. The normalized spacial score (nSPS) is 27.4. The van der Waals surface area contributed by atoms with Gasteiger partial charge in [-0.3, -0.25) is 0 Å². The van der Waals surface area contributed by atoms with Gasteiger partial charge in [0, 0.05) is 11.3 Å². The maximum Gasteiger partial charge on any atom is 0.411 e. The van der Waals surface area contributed by atoms with Gasteiger partial charge in [-0.05, 0) is 31.9 Å². The van der Waals surface area contributed by atoms with Gasteiger partial charge in [0.2, 0.25) is 0 Å². The zero-order chi connectivity index (χ0) is 10.9. The highest BCUT2D eigenvalue weighted by atomic mass is 79.9. The molecule has 1 fully saturated rings. The van der Waals surface area contributed by atoms with Crippen LogP contribution in [0.3, 0.4) is 0 Å². The first-order valence-electron chi connectivity index (χ1n) is 4.03. The van der Waals surface area contributed by atoms with E-state index in [1.807, 2.05) is 19.9 Å². The molecule has 0 saturated heterocycles. The second kappa shape index (κ2) is 4.03. The monoisotopic (exact) mass is 321 g/mol. The maximum absolute atomic E-state index is 10.8. The average Bonchev–Trinajstić information content (AvgIpc) is 2.55. The van der Waals surface area contributed by atoms with Crippen molar-refractivity contribution >= 4 is 37.8 Å². The number of carbonyl (C=O) groups is 1. The minimum atomic E-state index is -0.815. The minimum absolute atomic E-state index is 0.0840. The quantitative estimate of drug-likeness (QED) is 0.580. The molecule has 3 nitrogen and oxygen atoms in total. The Labute approximate surface area is 99.4 Å². The number of nitrogens with zero attached hydrogens (tertiary/aromatic N) is 1. The summed E-state index contributed by atoms with van der Waals surface area (Å²) in [6, 6.07) is 1.44. The minimum Gasteiger partial charge on any atom is -0.450 e. The smallest absolute Gasteiger partial charge is 0.411 e. The third-order valence-electron chi connectivity index (χ3n) is 2.44. The van der Waals surface area contributed by atoms with Gasteiger partial charge in [-0.2, -0.15) is 5.26 Å². The summed E-state index contributed by atoms with van der Waals surface area (Å²) in [5.74, 6) is -0.654. The van der Waals surface area contributed by atoms with Crippen molar-refractivity contribution in [2.45, 2.75) is 20.0 Å². The van der Waals surface area contributed by atoms with E-state index < -0.39 is 5.97 Å². The molecule has 1 rings (SSSR count). The number of esters is 1. The molecular weight excluding hydrogens is 314 g/mol. The predicted molar refractivity (Wildman–Crippen MR) is 58.7 cm³/mol. The standard InChI is InChI=1S/C9H9Br2NO2/c1-9(2)5(3-6(10)11)8(9)14-7(13)4-12/h3,5,8H,1-2H3. The first-order chi connectivity index (χ1) is 6.39. The summed E-state index contributed by atoms with van der Waals surface area (Å²) in [6.45, 7) is 3.98. The first-order valence-corrected chi connectivity index (χ1v) is 5.61. The van der Waals surface area contributed by atoms with Gasteiger partial charge in [-0.1, -0.05) is 19.9 Å². The van der Waals surface area contributed by atoms with Crippen molar-refractivity contribution in [2.75, 3.05) is 0 Å². The summed E-state index contributed by atoms with van der Waals surface area (Å²) in [7, 11) is 0. The van der Waals surface area contributed by atoms with Crippen LogP contribution in [0, 0.1) is 22.7 Å². The van der Waals surface area contributed by atoms with Gasteiger partial charge in [0.25, 0.3) is 0 Å². The Hall–Kier alpha value is -0.340. The van der Waals surface area contributed by atoms with Crippen LogP contribution >= 0.6 is 31.9 Å². The number of halogens is 2. The molecule has 1 aliphatic rings. The van der Waals surface area contributed by atoms with Crippen LogP contribution in [-0.2, 0) is 9.53 Å². The molecule has 1 saturated carbocycles. The van der Waals surface area contributed by atoms with Crippen molar-refractivity contribution in [1.29, 1.82) is 5.26 Å². The highest BCUT2D eigenvalue weighted by Crippen LogP contribution is 2.55. The Bertz CT molecular complexity index is 326. The molecule has 2 unspecified atom stereocenters. The van der Waals surface area contributed by atoms with Crippen molar-refractivity contribution < 1.29 is 9.53 Å². The Morgan fingerprint density at radius 3 is 2.57 bits per heavy atom. The van der Waals surface area contributed by atoms with Crippen molar-refractivity contribution in [3.05, 3.63) is 9.47 Å². The van der Waals surface area contributed by atoms with Gasteiger partial charge in [-0.15, -0.1) is 0 Å². The predicted octanol–water partition coefficient (Wildman–Crippen LogP) is 2.71. The number of rotatable bonds is 2. The van der Waals surface area contributed by atoms with Crippen LogP contribution in [-0.4, -0.2) is 12.1 Å². The van der Waals surface area contributed by atoms with E-state index in [0.29, 0.717) is 0 Å². The summed E-state index contributed by atoms with van der Waals surface area (Å²) in [5, 5.41) is 8.29. The van der Waals surface area contributed by atoms with Crippen molar-refractivity contribution in [2.24, 2.45) is 11.3 Å². The van der Waals surface area contributed by atoms with E-state index >= 15 is 0 Å². The molecule has 0 heterocycles. The lowest BCUT2D eigenvalue weighted by atomic mass is 10.1. The molecule has 76 valence electrons. The van der Waals surface area contributed by atoms with E-state index in [4.69, 9.17) is 10.00 Å². The molecule has 0 bridgehead atoms. The fraction of sp³-hybridized carbons (Fsp3) is 0.556. The molecule has 1 aliphatic carbocycles. The fourth-order valence-corrected chi connectivity index (χ4v) is 2.00. The Morgan fingerprint density at radius 2 is 2.14 bits per heavy atom. The largest absolute Gasteiger partial charge is 0.450 e. The lowest BCUT2D eigenvalue weighted by molar-refractivity contribution is -0.139. The van der Waals surface area contributed by atoms with Gasteiger partial charge in [0.05, 0.1) is 3.39 Å². The van der Waals surface area contributed by atoms with Crippen molar-refractivity contribution in [3.8, 4) is 6.07 Å². The summed E-state index contributed by atoms with van der Waals surface area (Å²) in [6.07, 6.45) is 1.73. The number of nitriles is 1. The summed E-state index contributed by atoms with van der Waals surface area (Å²) in [5.41, 5.74) is -0.0840. The van der Waals surface area contributed by atoms with Crippen LogP contribution in [0.1, 0.15) is 13.8 Å². The van der Waals surface area contributed by atoms with E-state index in [1.165, 1.54) is 6.07 Å². The fourth-order valence-electron chi connectivity index (χ4n) is 1.43. The Morgan fingerprint density at radius 1 is 1.57 bits per heavy atom. The zero-order valence-electron chi connectivity index (χ0n) is 7.75. The number of carbonyl (C=O) groups excluding carboxylic acids is 1. The molecule has 0 aromatic rings. The molecule has 0 spiro atoms. The third-order valence-corrected chi connectivity index (χ3v) is 2.97. The highest BCUT2D eigenvalue weighted by Gasteiger charge is 2.59. The van der Waals surface area contributed by atoms with Gasteiger partial charge in [0.1, 0.15) is 6.10 Å². The van der Waals surface area contributed by atoms with Crippen LogP contribution in [0.15, 0.2) is 9.47 Å². The SMILES string of the molecule is CC1(C)C(C=C(Br)Br)C1OC(=O)C#N. The Balaban J connectivity index is 2.63. The molecule has 5 heteroatoms. The molecule has 0 N–H and O–H groups in total. The second-order valence-electron chi connectivity index (χ2n) is 3.74. The van der Waals surface area contributed by atoms with Gasteiger partial charge < -0.3 is 4.74 Å². The second-order valence-corrected chi connectivity index (χ2v) is 6.51. The lowest BCUT2D eigenvalue weighted by Crippen LogP contribution is -2.07. The average molecular weight is 323 g/mol. The molecule has 14 heavy (non-hydrogen) atoms. The van der Waals surface area contributed by atoms with E-state index in [9.17, 15) is 4.79 Å². The van der Waals surface area contributed by atoms with Gasteiger partial charge >= 0.3 is 5.97 Å². The first kappa shape index (κ1) is 11.7. The Kier molecular flexibility index (Phi) is 3.38. The highest BCUT2D eigenvalue weighted by molar-refractivity contribution is 9.28. The summed E-state index contributed by atoms with van der Waals surface area (Å²) in [4.78, 5) is 10.8. The topological polar surface area (TPSA) is 50.1 Å². The third kappa shape index (κ3) is 2.37. The van der Waals surface area contributed by atoms with E-state index in [2.05, 4.69) is 31.9 Å². The molecule has 0 amide bonds. The summed E-state index contributed by atoms with van der Waals surface area (Å²) < 4.78 is 5.78. The lowest BCUT2D eigenvalue weighted by Gasteiger charge is -1.99. The van der Waals surface area contributed by atoms with Crippen molar-refractivity contribution in [1.82, 2.24) is 0 Å². The van der Waals surface area contributed by atoms with Crippen LogP contribution in [0.4, 0.5) is 0 Å². The van der Waals surface area contributed by atoms with E-state index in [0.717, 1.165) is 3.39 Å². The number of hydrogen-bond donors (Lipinski definition) is 0. The number of hydrogen-bond acceptors (Lipinski definition) is 3. The van der Waals surface area contributed by atoms with Crippen LogP contribution < -0.4 is 0 Å². The van der Waals surface area contributed by atoms with Gasteiger partial charge in [0.15, 0.2) is 6.07 Å². The van der Waals surface area contributed by atoms with Crippen LogP contribution in [0.5, 0.6) is 0 Å². The van der Waals surface area contributed by atoms with Crippen LogP contribution in [0.25, 0.3) is 0 Å². The maximum atomic E-state index is 10.8. The van der Waals surface area contributed by atoms with Gasteiger partial charge in [-0.25, -0.2) is 4.79 Å². The molecule has 2 atom stereocenters. The number of ether oxygens (including phenoxy) is 1. The molecular formula is C9H9Br2NO2. The molecule has 0 radical (unpaired) electrons. The van der Waals surface area contributed by atoms with E-state index in [1.54, 1.807) is 0 Å². The zero-order valence-corrected chi connectivity index (χ0v) is 10.9. The molecule has 0 aliphatic heterocycles. The van der Waals surface area contributed by atoms with Crippen LogP contribution in [0.2, 0.25) is 0 Å². The molecule has 0 aromatic carbocycles. The summed E-state index contributed by atoms with van der Waals surface area (Å²) >= 11 is 6.50. The van der Waals surface area contributed by atoms with E-state index in [-0.39, 0.29) is 17.4 Å².